The number of benzene rings is 2. The van der Waals surface area contributed by atoms with Gasteiger partial charge in [0.05, 0.1) is 27.4 Å². The Morgan fingerprint density at radius 2 is 1.94 bits per heavy atom. The summed E-state index contributed by atoms with van der Waals surface area (Å²) < 4.78 is 0. The number of fused-ring (bicyclic) bond motifs is 2. The maximum absolute atomic E-state index is 13.7. The van der Waals surface area contributed by atoms with Crippen molar-refractivity contribution in [2.24, 2.45) is 11.3 Å². The van der Waals surface area contributed by atoms with Crippen LogP contribution in [0.4, 0.5) is 5.00 Å². The molecule has 7 heteroatoms. The molecule has 4 aromatic rings. The monoisotopic (exact) mass is 533 g/mol. The van der Waals surface area contributed by atoms with Crippen molar-refractivity contribution in [2.75, 3.05) is 5.32 Å². The van der Waals surface area contributed by atoms with Crippen LogP contribution in [-0.4, -0.2) is 10.9 Å². The zero-order chi connectivity index (χ0) is 25.6. The Morgan fingerprint density at radius 3 is 2.67 bits per heavy atom. The molecular weight excluding hydrogens is 509 g/mol. The van der Waals surface area contributed by atoms with Crippen LogP contribution in [0.2, 0.25) is 10.0 Å². The molecule has 5 rings (SSSR count). The van der Waals surface area contributed by atoms with Crippen molar-refractivity contribution in [1.29, 1.82) is 5.26 Å². The Kier molecular flexibility index (Phi) is 6.55. The van der Waals surface area contributed by atoms with Gasteiger partial charge in [-0.25, -0.2) is 4.98 Å². The van der Waals surface area contributed by atoms with Gasteiger partial charge in [-0.05, 0) is 66.5 Å². The summed E-state index contributed by atoms with van der Waals surface area (Å²) in [4.78, 5) is 19.6. The fourth-order valence-corrected chi connectivity index (χ4v) is 6.68. The first-order valence-corrected chi connectivity index (χ1v) is 13.4. The molecule has 2 aromatic heterocycles. The second kappa shape index (κ2) is 9.52. The Labute approximate surface area is 224 Å². The van der Waals surface area contributed by atoms with Crippen LogP contribution in [0.25, 0.3) is 22.2 Å². The molecule has 0 spiro atoms. The van der Waals surface area contributed by atoms with E-state index in [1.807, 2.05) is 24.3 Å². The largest absolute Gasteiger partial charge is 0.312 e. The van der Waals surface area contributed by atoms with E-state index in [4.69, 9.17) is 28.2 Å². The summed E-state index contributed by atoms with van der Waals surface area (Å²) in [7, 11) is 0. The van der Waals surface area contributed by atoms with Gasteiger partial charge in [-0.3, -0.25) is 4.79 Å². The molecule has 1 N–H and O–H groups in total. The van der Waals surface area contributed by atoms with Crippen molar-refractivity contribution in [3.05, 3.63) is 80.1 Å². The maximum Gasteiger partial charge on any atom is 0.257 e. The van der Waals surface area contributed by atoms with Crippen molar-refractivity contribution in [1.82, 2.24) is 4.98 Å². The van der Waals surface area contributed by atoms with E-state index in [0.717, 1.165) is 30.2 Å². The van der Waals surface area contributed by atoms with Gasteiger partial charge in [0.25, 0.3) is 5.91 Å². The molecule has 0 bridgehead atoms. The zero-order valence-electron chi connectivity index (χ0n) is 20.3. The van der Waals surface area contributed by atoms with E-state index in [1.165, 1.54) is 16.2 Å². The predicted molar refractivity (Wildman–Crippen MR) is 149 cm³/mol. The summed E-state index contributed by atoms with van der Waals surface area (Å²) in [5.41, 5.74) is 4.32. The fourth-order valence-electron chi connectivity index (χ4n) is 4.90. The summed E-state index contributed by atoms with van der Waals surface area (Å²) in [6, 6.07) is 16.8. The van der Waals surface area contributed by atoms with Gasteiger partial charge < -0.3 is 5.32 Å². The molecule has 1 aliphatic carbocycles. The quantitative estimate of drug-likeness (QED) is 0.286. The number of para-hydroxylation sites is 1. The molecule has 0 saturated heterocycles. The number of pyridine rings is 1. The highest BCUT2D eigenvalue weighted by molar-refractivity contribution is 7.16. The number of carbonyl (C=O) groups excluding carboxylic acids is 1. The van der Waals surface area contributed by atoms with Crippen LogP contribution >= 0.6 is 34.5 Å². The first-order valence-electron chi connectivity index (χ1n) is 11.9. The molecule has 0 aliphatic heterocycles. The van der Waals surface area contributed by atoms with Gasteiger partial charge in [0.1, 0.15) is 11.1 Å². The number of hydrogen-bond donors (Lipinski definition) is 1. The minimum Gasteiger partial charge on any atom is -0.312 e. The van der Waals surface area contributed by atoms with E-state index in [2.05, 4.69) is 32.2 Å². The first-order chi connectivity index (χ1) is 17.2. The SMILES string of the molecule is CC(C)(C)C1CCc2c(sc(NC(=O)c3cc(-c4ccc(Cl)cc4Cl)nc4ccccc34)c2C#N)C1. The molecule has 36 heavy (non-hydrogen) atoms. The smallest absolute Gasteiger partial charge is 0.257 e. The highest BCUT2D eigenvalue weighted by atomic mass is 35.5. The van der Waals surface area contributed by atoms with Gasteiger partial charge in [-0.1, -0.05) is 62.2 Å². The summed E-state index contributed by atoms with van der Waals surface area (Å²) in [5.74, 6) is 0.275. The average Bonchev–Trinajstić information content (AvgIpc) is 3.18. The Balaban J connectivity index is 1.55. The highest BCUT2D eigenvalue weighted by Gasteiger charge is 2.32. The fraction of sp³-hybridized carbons (Fsp3) is 0.276. The second-order valence-electron chi connectivity index (χ2n) is 10.3. The van der Waals surface area contributed by atoms with Gasteiger partial charge in [-0.2, -0.15) is 5.26 Å². The minimum atomic E-state index is -0.276. The number of amides is 1. The van der Waals surface area contributed by atoms with Gasteiger partial charge in [-0.15, -0.1) is 11.3 Å². The molecule has 0 saturated carbocycles. The van der Waals surface area contributed by atoms with E-state index in [0.29, 0.717) is 48.9 Å². The molecule has 2 heterocycles. The normalized spacial score (nSPS) is 15.4. The number of thiophene rings is 1. The number of aromatic nitrogens is 1. The second-order valence-corrected chi connectivity index (χ2v) is 12.2. The number of hydrogen-bond acceptors (Lipinski definition) is 4. The third kappa shape index (κ3) is 4.62. The lowest BCUT2D eigenvalue weighted by molar-refractivity contribution is 0.102. The van der Waals surface area contributed by atoms with Crippen LogP contribution in [0.3, 0.4) is 0 Å². The third-order valence-electron chi connectivity index (χ3n) is 7.00. The van der Waals surface area contributed by atoms with Crippen molar-refractivity contribution in [3.8, 4) is 17.3 Å². The van der Waals surface area contributed by atoms with Gasteiger partial charge in [0, 0.05) is 20.8 Å². The number of rotatable bonds is 3. The number of nitrogens with zero attached hydrogens (tertiary/aromatic N) is 2. The number of nitriles is 1. The lowest BCUT2D eigenvalue weighted by atomic mass is 9.72. The number of carbonyl (C=O) groups is 1. The van der Waals surface area contributed by atoms with Crippen LogP contribution in [0, 0.1) is 22.7 Å². The number of halogens is 2. The van der Waals surface area contributed by atoms with E-state index < -0.39 is 0 Å². The van der Waals surface area contributed by atoms with Crippen molar-refractivity contribution < 1.29 is 4.79 Å². The summed E-state index contributed by atoms with van der Waals surface area (Å²) >= 11 is 14.1. The van der Waals surface area contributed by atoms with E-state index in [-0.39, 0.29) is 11.3 Å². The number of anilines is 1. The van der Waals surface area contributed by atoms with Crippen molar-refractivity contribution in [2.45, 2.75) is 40.0 Å². The van der Waals surface area contributed by atoms with Crippen LogP contribution in [0.15, 0.2) is 48.5 Å². The summed E-state index contributed by atoms with van der Waals surface area (Å²) in [5, 5.41) is 15.4. The Morgan fingerprint density at radius 1 is 1.17 bits per heavy atom. The van der Waals surface area contributed by atoms with Crippen molar-refractivity contribution in [3.63, 3.8) is 0 Å². The summed E-state index contributed by atoms with van der Waals surface area (Å²) in [6.07, 6.45) is 2.85. The van der Waals surface area contributed by atoms with Crippen LogP contribution in [0.5, 0.6) is 0 Å². The van der Waals surface area contributed by atoms with Gasteiger partial charge in [0.15, 0.2) is 0 Å². The molecule has 1 atom stereocenters. The molecule has 1 aliphatic rings. The minimum absolute atomic E-state index is 0.202. The predicted octanol–water partition coefficient (Wildman–Crippen LogP) is 8.55. The van der Waals surface area contributed by atoms with E-state index >= 15 is 0 Å². The summed E-state index contributed by atoms with van der Waals surface area (Å²) in [6.45, 7) is 6.80. The third-order valence-corrected chi connectivity index (χ3v) is 8.71. The van der Waals surface area contributed by atoms with Crippen LogP contribution < -0.4 is 5.32 Å². The van der Waals surface area contributed by atoms with Gasteiger partial charge >= 0.3 is 0 Å². The topological polar surface area (TPSA) is 65.8 Å². The van der Waals surface area contributed by atoms with Crippen LogP contribution in [-0.2, 0) is 12.8 Å². The molecule has 0 fully saturated rings. The molecular formula is C29H25Cl2N3OS. The molecule has 4 nitrogen and oxygen atoms in total. The van der Waals surface area contributed by atoms with Crippen LogP contribution in [0.1, 0.15) is 53.6 Å². The average molecular weight is 535 g/mol. The molecule has 182 valence electrons. The Bertz CT molecular complexity index is 1540. The van der Waals surface area contributed by atoms with E-state index in [9.17, 15) is 10.1 Å². The first kappa shape index (κ1) is 24.8. The molecule has 2 aromatic carbocycles. The lowest BCUT2D eigenvalue weighted by Crippen LogP contribution is -2.26. The number of nitrogens with one attached hydrogen (secondary N) is 1. The van der Waals surface area contributed by atoms with Gasteiger partial charge in [0.2, 0.25) is 0 Å². The standard InChI is InChI=1S/C29H25Cl2N3OS/c1-29(2,3)16-8-10-19-22(15-32)28(36-26(19)12-16)34-27(35)21-14-25(20-11-9-17(30)13-23(20)31)33-24-7-5-4-6-18(21)24/h4-7,9,11,13-14,16H,8,10,12H2,1-3H3,(H,34,35). The molecule has 1 amide bonds. The molecule has 0 radical (unpaired) electrons. The highest BCUT2D eigenvalue weighted by Crippen LogP contribution is 2.44. The zero-order valence-corrected chi connectivity index (χ0v) is 22.6. The maximum atomic E-state index is 13.7. The van der Waals surface area contributed by atoms with Crippen molar-refractivity contribution >= 4 is 56.3 Å². The molecule has 1 unspecified atom stereocenters. The Hall–Kier alpha value is -2.91. The lowest BCUT2D eigenvalue weighted by Gasteiger charge is -2.33. The van der Waals surface area contributed by atoms with E-state index in [1.54, 1.807) is 24.3 Å².